The highest BCUT2D eigenvalue weighted by Crippen LogP contribution is 2.29. The van der Waals surface area contributed by atoms with Crippen molar-refractivity contribution in [2.75, 3.05) is 26.3 Å². The Hall–Kier alpha value is -2.80. The highest BCUT2D eigenvalue weighted by Gasteiger charge is 2.30. The van der Waals surface area contributed by atoms with Gasteiger partial charge in [0.2, 0.25) is 0 Å². The molecule has 150 valence electrons. The van der Waals surface area contributed by atoms with E-state index < -0.39 is 12.2 Å². The van der Waals surface area contributed by atoms with Crippen molar-refractivity contribution in [1.29, 1.82) is 0 Å². The summed E-state index contributed by atoms with van der Waals surface area (Å²) in [5.41, 5.74) is 0.972. The fourth-order valence-electron chi connectivity index (χ4n) is 3.30. The van der Waals surface area contributed by atoms with Crippen molar-refractivity contribution in [3.05, 3.63) is 59.9 Å². The Bertz CT molecular complexity index is 783. The summed E-state index contributed by atoms with van der Waals surface area (Å²) in [6.07, 6.45) is -0.463. The molecule has 1 fully saturated rings. The Kier molecular flexibility index (Phi) is 6.71. The fraction of sp³-hybridized carbons (Fsp3) is 0.381. The van der Waals surface area contributed by atoms with E-state index in [0.717, 1.165) is 5.56 Å². The van der Waals surface area contributed by atoms with Gasteiger partial charge in [0.05, 0.1) is 25.9 Å². The van der Waals surface area contributed by atoms with E-state index in [1.807, 2.05) is 24.3 Å². The van der Waals surface area contributed by atoms with Gasteiger partial charge in [0.1, 0.15) is 17.3 Å². The molecule has 6 nitrogen and oxygen atoms in total. The van der Waals surface area contributed by atoms with Crippen LogP contribution in [0.2, 0.25) is 0 Å². The van der Waals surface area contributed by atoms with Gasteiger partial charge < -0.3 is 24.6 Å². The number of hydrogen-bond acceptors (Lipinski definition) is 4. The standard InChI is InChI=1S/C21H24FNO5/c22-16-3-1-4-18(13-16)28-12-2-11-27-17-7-5-15(6-8-17)19-9-10-23(21(25)26)14-20(19)24/h1,3-8,13,19-20,24H,2,9-12,14H2,(H,25,26). The molecule has 1 aliphatic heterocycles. The topological polar surface area (TPSA) is 79.2 Å². The molecule has 2 unspecified atom stereocenters. The summed E-state index contributed by atoms with van der Waals surface area (Å²) in [6, 6.07) is 13.5. The molecule has 1 amide bonds. The Balaban J connectivity index is 1.41. The third-order valence-electron chi connectivity index (χ3n) is 4.78. The predicted octanol–water partition coefficient (Wildman–Crippen LogP) is 3.50. The lowest BCUT2D eigenvalue weighted by molar-refractivity contribution is 0.0504. The van der Waals surface area contributed by atoms with Crippen LogP contribution in [0.1, 0.15) is 24.3 Å². The van der Waals surface area contributed by atoms with Gasteiger partial charge >= 0.3 is 6.09 Å². The van der Waals surface area contributed by atoms with E-state index in [-0.39, 0.29) is 18.3 Å². The molecular formula is C21H24FNO5. The smallest absolute Gasteiger partial charge is 0.407 e. The number of aliphatic hydroxyl groups is 1. The second-order valence-electron chi connectivity index (χ2n) is 6.77. The summed E-state index contributed by atoms with van der Waals surface area (Å²) >= 11 is 0. The van der Waals surface area contributed by atoms with Crippen LogP contribution < -0.4 is 9.47 Å². The van der Waals surface area contributed by atoms with Crippen molar-refractivity contribution >= 4 is 6.09 Å². The zero-order valence-corrected chi connectivity index (χ0v) is 15.5. The third-order valence-corrected chi connectivity index (χ3v) is 4.78. The van der Waals surface area contributed by atoms with E-state index in [2.05, 4.69) is 0 Å². The van der Waals surface area contributed by atoms with Crippen molar-refractivity contribution < 1.29 is 28.9 Å². The third kappa shape index (κ3) is 5.36. The van der Waals surface area contributed by atoms with E-state index in [1.54, 1.807) is 12.1 Å². The van der Waals surface area contributed by atoms with Gasteiger partial charge in [0.15, 0.2) is 0 Å². The second-order valence-corrected chi connectivity index (χ2v) is 6.77. The number of amides is 1. The maximum atomic E-state index is 13.1. The van der Waals surface area contributed by atoms with Gasteiger partial charge in [-0.15, -0.1) is 0 Å². The summed E-state index contributed by atoms with van der Waals surface area (Å²) < 4.78 is 24.2. The quantitative estimate of drug-likeness (QED) is 0.709. The SMILES string of the molecule is O=C(O)N1CCC(c2ccc(OCCCOc3cccc(F)c3)cc2)C(O)C1. The van der Waals surface area contributed by atoms with Crippen LogP contribution in [-0.2, 0) is 0 Å². The first-order chi connectivity index (χ1) is 13.5. The normalized spacial score (nSPS) is 19.3. The van der Waals surface area contributed by atoms with Crippen molar-refractivity contribution in [2.24, 2.45) is 0 Å². The zero-order valence-electron chi connectivity index (χ0n) is 15.5. The first-order valence-electron chi connectivity index (χ1n) is 9.30. The molecule has 7 heteroatoms. The van der Waals surface area contributed by atoms with Crippen LogP contribution in [0.25, 0.3) is 0 Å². The van der Waals surface area contributed by atoms with Crippen molar-refractivity contribution in [3.8, 4) is 11.5 Å². The number of hydrogen-bond donors (Lipinski definition) is 2. The molecule has 1 heterocycles. The monoisotopic (exact) mass is 389 g/mol. The number of β-amino-alcohol motifs (C(OH)–C–C–N with tert-alkyl or cyclic N) is 1. The lowest BCUT2D eigenvalue weighted by atomic mass is 9.87. The van der Waals surface area contributed by atoms with Crippen LogP contribution in [0.5, 0.6) is 11.5 Å². The molecule has 2 aromatic rings. The molecule has 0 bridgehead atoms. The first-order valence-corrected chi connectivity index (χ1v) is 9.30. The molecule has 1 saturated heterocycles. The van der Waals surface area contributed by atoms with E-state index >= 15 is 0 Å². The first kappa shape index (κ1) is 19.9. The highest BCUT2D eigenvalue weighted by molar-refractivity contribution is 5.65. The molecule has 0 aromatic heterocycles. The maximum Gasteiger partial charge on any atom is 0.407 e. The van der Waals surface area contributed by atoms with Crippen LogP contribution in [0, 0.1) is 5.82 Å². The van der Waals surface area contributed by atoms with Crippen molar-refractivity contribution in [1.82, 2.24) is 4.90 Å². The second kappa shape index (κ2) is 9.41. The minimum Gasteiger partial charge on any atom is -0.493 e. The minimum absolute atomic E-state index is 0.0793. The molecule has 0 aliphatic carbocycles. The summed E-state index contributed by atoms with van der Waals surface area (Å²) in [7, 11) is 0. The lowest BCUT2D eigenvalue weighted by Gasteiger charge is -2.34. The molecule has 28 heavy (non-hydrogen) atoms. The lowest BCUT2D eigenvalue weighted by Crippen LogP contribution is -2.45. The van der Waals surface area contributed by atoms with Crippen LogP contribution in [0.4, 0.5) is 9.18 Å². The van der Waals surface area contributed by atoms with Gasteiger partial charge in [-0.3, -0.25) is 0 Å². The van der Waals surface area contributed by atoms with E-state index in [4.69, 9.17) is 14.6 Å². The number of aliphatic hydroxyl groups excluding tert-OH is 1. The van der Waals surface area contributed by atoms with Crippen molar-refractivity contribution in [3.63, 3.8) is 0 Å². The minimum atomic E-state index is -0.998. The molecule has 2 aromatic carbocycles. The van der Waals surface area contributed by atoms with Gasteiger partial charge in [-0.05, 0) is 36.2 Å². The van der Waals surface area contributed by atoms with Crippen LogP contribution in [-0.4, -0.2) is 53.6 Å². The fourth-order valence-corrected chi connectivity index (χ4v) is 3.30. The number of likely N-dealkylation sites (tertiary alicyclic amines) is 1. The van der Waals surface area contributed by atoms with Gasteiger partial charge in [-0.25, -0.2) is 9.18 Å². The number of halogens is 1. The van der Waals surface area contributed by atoms with Gasteiger partial charge in [-0.1, -0.05) is 18.2 Å². The van der Waals surface area contributed by atoms with E-state index in [0.29, 0.717) is 44.1 Å². The molecular weight excluding hydrogens is 365 g/mol. The van der Waals surface area contributed by atoms with Gasteiger partial charge in [-0.2, -0.15) is 0 Å². The van der Waals surface area contributed by atoms with E-state index in [9.17, 15) is 14.3 Å². The molecule has 2 atom stereocenters. The number of nitrogens with zero attached hydrogens (tertiary/aromatic N) is 1. The number of ether oxygens (including phenoxy) is 2. The molecule has 2 N–H and O–H groups in total. The number of benzene rings is 2. The highest BCUT2D eigenvalue weighted by atomic mass is 19.1. The number of piperidine rings is 1. The summed E-state index contributed by atoms with van der Waals surface area (Å²) in [5, 5.41) is 19.3. The molecule has 0 radical (unpaired) electrons. The summed E-state index contributed by atoms with van der Waals surface area (Å²) in [5.74, 6) is 0.806. The maximum absolute atomic E-state index is 13.1. The zero-order chi connectivity index (χ0) is 19.9. The average Bonchev–Trinajstić information content (AvgIpc) is 2.68. The van der Waals surface area contributed by atoms with Gasteiger partial charge in [0.25, 0.3) is 0 Å². The average molecular weight is 389 g/mol. The van der Waals surface area contributed by atoms with Crippen molar-refractivity contribution in [2.45, 2.75) is 24.9 Å². The Morgan fingerprint density at radius 1 is 1.11 bits per heavy atom. The molecule has 1 aliphatic rings. The predicted molar refractivity (Wildman–Crippen MR) is 101 cm³/mol. The molecule has 0 spiro atoms. The number of rotatable bonds is 7. The Morgan fingerprint density at radius 3 is 2.46 bits per heavy atom. The van der Waals surface area contributed by atoms with Crippen LogP contribution >= 0.6 is 0 Å². The molecule has 0 saturated carbocycles. The van der Waals surface area contributed by atoms with Gasteiger partial charge in [0, 0.05) is 24.9 Å². The summed E-state index contributed by atoms with van der Waals surface area (Å²) in [4.78, 5) is 12.2. The molecule has 3 rings (SSSR count). The largest absolute Gasteiger partial charge is 0.493 e. The summed E-state index contributed by atoms with van der Waals surface area (Å²) in [6.45, 7) is 1.44. The Labute approximate surface area is 163 Å². The van der Waals surface area contributed by atoms with Crippen LogP contribution in [0.3, 0.4) is 0 Å². The number of carboxylic acid groups (broad SMARTS) is 1. The Morgan fingerprint density at radius 2 is 1.82 bits per heavy atom. The van der Waals surface area contributed by atoms with E-state index in [1.165, 1.54) is 17.0 Å². The number of carbonyl (C=O) groups is 1. The van der Waals surface area contributed by atoms with Crippen LogP contribution in [0.15, 0.2) is 48.5 Å².